The number of primary amides is 2. The number of nitrogens with two attached hydrogens (primary N) is 3. The van der Waals surface area contributed by atoms with Gasteiger partial charge >= 0.3 is 0 Å². The normalized spacial score (nSPS) is 15.9. The van der Waals surface area contributed by atoms with Crippen LogP contribution in [0.25, 0.3) is 10.9 Å². The number of amides is 8. The molecule has 2 heterocycles. The van der Waals surface area contributed by atoms with Crippen molar-refractivity contribution in [2.75, 3.05) is 6.54 Å². The molecule has 0 radical (unpaired) electrons. The second-order valence-electron chi connectivity index (χ2n) is 17.3. The number of aromatic nitrogens is 1. The van der Waals surface area contributed by atoms with Gasteiger partial charge in [-0.15, -0.1) is 0 Å². The van der Waals surface area contributed by atoms with Gasteiger partial charge in [0.2, 0.25) is 47.3 Å². The molecule has 0 aliphatic carbocycles. The summed E-state index contributed by atoms with van der Waals surface area (Å²) in [6, 6.07) is 19.5. The molecule has 20 nitrogen and oxygen atoms in total. The lowest BCUT2D eigenvalue weighted by Gasteiger charge is -2.31. The predicted molar refractivity (Wildman–Crippen MR) is 257 cm³/mol. The van der Waals surface area contributed by atoms with E-state index in [0.717, 1.165) is 10.9 Å². The van der Waals surface area contributed by atoms with Gasteiger partial charge in [-0.1, -0.05) is 72.8 Å². The van der Waals surface area contributed by atoms with E-state index in [2.05, 4.69) is 31.6 Å². The summed E-state index contributed by atoms with van der Waals surface area (Å²) in [5.41, 5.74) is 20.1. The number of hydrogen-bond acceptors (Lipinski definition) is 11. The number of carbonyl (C=O) groups is 8. The number of likely N-dealkylation sites (tertiary alicyclic amines) is 1. The third-order valence-corrected chi connectivity index (χ3v) is 12.0. The maximum Gasteiger partial charge on any atom is 0.246 e. The number of benzene rings is 4. The largest absolute Gasteiger partial charge is 0.508 e. The van der Waals surface area contributed by atoms with Gasteiger partial charge in [0, 0.05) is 42.9 Å². The molecule has 1 aliphatic rings. The molecular weight excluding hydrogens is 901 g/mol. The van der Waals surface area contributed by atoms with E-state index >= 15 is 0 Å². The number of fused-ring (bicyclic) bond motifs is 1. The summed E-state index contributed by atoms with van der Waals surface area (Å²) in [6.45, 7) is 1.53. The molecule has 70 heavy (non-hydrogen) atoms. The first-order valence-electron chi connectivity index (χ1n) is 22.8. The van der Waals surface area contributed by atoms with Crippen LogP contribution in [0.2, 0.25) is 0 Å². The number of rotatable bonds is 22. The van der Waals surface area contributed by atoms with Crippen LogP contribution in [0.3, 0.4) is 0 Å². The van der Waals surface area contributed by atoms with Gasteiger partial charge in [-0.05, 0) is 78.8 Å². The molecule has 1 aromatic heterocycles. The SMILES string of the molecule is C[C@@H](NC(=O)[C@@H](N)Cc1ccc(O)cc1)C(=O)N[C@@H](Cc1ccccc1)C(=O)N[C@@H](Cc1c[nH]c2ccccc12)C(=O)N[C@@H](Cc1ccc(O)cc1)C(=O)N1CCC[C@H]1C(=O)N[C@@H](CC(N)=O)C(N)=O. The Morgan fingerprint density at radius 3 is 1.80 bits per heavy atom. The van der Waals surface area contributed by atoms with Crippen molar-refractivity contribution >= 4 is 58.2 Å². The molecule has 0 spiro atoms. The van der Waals surface area contributed by atoms with Crippen LogP contribution in [0.1, 0.15) is 48.4 Å². The summed E-state index contributed by atoms with van der Waals surface area (Å²) in [4.78, 5) is 113. The molecule has 0 bridgehead atoms. The minimum Gasteiger partial charge on any atom is -0.508 e. The Kier molecular flexibility index (Phi) is 17.3. The molecule has 5 aromatic rings. The minimum atomic E-state index is -1.43. The molecule has 368 valence electrons. The van der Waals surface area contributed by atoms with Crippen molar-refractivity contribution in [2.24, 2.45) is 17.2 Å². The van der Waals surface area contributed by atoms with Crippen molar-refractivity contribution in [3.63, 3.8) is 0 Å². The molecule has 20 heteroatoms. The number of nitrogens with zero attached hydrogens (tertiary/aromatic N) is 1. The second-order valence-corrected chi connectivity index (χ2v) is 17.3. The lowest BCUT2D eigenvalue weighted by Crippen LogP contribution is -2.60. The van der Waals surface area contributed by atoms with E-state index in [-0.39, 0.29) is 50.1 Å². The highest BCUT2D eigenvalue weighted by molar-refractivity contribution is 5.98. The van der Waals surface area contributed by atoms with E-state index in [1.54, 1.807) is 60.8 Å². The van der Waals surface area contributed by atoms with Gasteiger partial charge in [0.1, 0.15) is 47.8 Å². The minimum absolute atomic E-state index is 0.0305. The van der Waals surface area contributed by atoms with Crippen LogP contribution in [0, 0.1) is 0 Å². The van der Waals surface area contributed by atoms with Gasteiger partial charge in [-0.25, -0.2) is 0 Å². The standard InChI is InChI=1S/C50H58N10O10/c1-28(55-46(66)36(51)22-30-13-17-33(61)18-14-30)45(65)57-39(23-29-8-3-2-4-9-29)47(67)58-40(25-32-27-54-37-11-6-5-10-35(32)37)48(68)59-41(24-31-15-19-34(62)20-16-31)50(70)60-21-7-12-42(60)49(69)56-38(44(53)64)26-43(52)63/h2-6,8-11,13-20,27-28,36,38-42,54,61-62H,7,12,21-26,51H2,1H3,(H2,52,63)(H2,53,64)(H,55,66)(H,56,69)(H,57,65)(H,58,67)(H,59,68)/t28-,36+,38+,39+,40+,41+,42+/m1/s1. The number of phenols is 2. The van der Waals surface area contributed by atoms with E-state index in [0.29, 0.717) is 28.7 Å². The maximum absolute atomic E-state index is 14.8. The van der Waals surface area contributed by atoms with Crippen LogP contribution in [0.5, 0.6) is 11.5 Å². The lowest BCUT2D eigenvalue weighted by molar-refractivity contribution is -0.142. The fourth-order valence-corrected chi connectivity index (χ4v) is 8.26. The number of nitrogens with one attached hydrogen (secondary N) is 6. The summed E-state index contributed by atoms with van der Waals surface area (Å²) >= 11 is 0. The number of hydrogen-bond donors (Lipinski definition) is 11. The Hall–Kier alpha value is -8.26. The van der Waals surface area contributed by atoms with E-state index < -0.39 is 96.0 Å². The highest BCUT2D eigenvalue weighted by Gasteiger charge is 2.40. The number of aromatic amines is 1. The zero-order chi connectivity index (χ0) is 50.5. The van der Waals surface area contributed by atoms with E-state index in [1.807, 2.05) is 24.3 Å². The van der Waals surface area contributed by atoms with Crippen LogP contribution >= 0.6 is 0 Å². The molecule has 1 fully saturated rings. The average molecular weight is 959 g/mol. The summed E-state index contributed by atoms with van der Waals surface area (Å²) in [5.74, 6) is -6.22. The first kappa shape index (κ1) is 51.1. The van der Waals surface area contributed by atoms with Crippen molar-refractivity contribution in [1.29, 1.82) is 0 Å². The molecule has 1 aliphatic heterocycles. The number of para-hydroxylation sites is 1. The van der Waals surface area contributed by atoms with Gasteiger partial charge in [0.25, 0.3) is 0 Å². The van der Waals surface area contributed by atoms with Crippen molar-refractivity contribution < 1.29 is 48.6 Å². The van der Waals surface area contributed by atoms with Crippen molar-refractivity contribution in [2.45, 2.75) is 94.2 Å². The van der Waals surface area contributed by atoms with Crippen LogP contribution in [0.4, 0.5) is 0 Å². The highest BCUT2D eigenvalue weighted by Crippen LogP contribution is 2.23. The maximum atomic E-state index is 14.8. The third-order valence-electron chi connectivity index (χ3n) is 12.0. The molecule has 7 atom stereocenters. The van der Waals surface area contributed by atoms with Gasteiger partial charge < -0.3 is 63.9 Å². The molecule has 0 saturated carbocycles. The lowest BCUT2D eigenvalue weighted by atomic mass is 10.00. The number of aromatic hydroxyl groups is 2. The van der Waals surface area contributed by atoms with Crippen molar-refractivity contribution in [1.82, 2.24) is 36.5 Å². The van der Waals surface area contributed by atoms with Gasteiger partial charge in [0.15, 0.2) is 0 Å². The van der Waals surface area contributed by atoms with Crippen LogP contribution < -0.4 is 43.8 Å². The first-order chi connectivity index (χ1) is 33.4. The zero-order valence-electron chi connectivity index (χ0n) is 38.4. The Labute approximate surface area is 403 Å². The first-order valence-corrected chi connectivity index (χ1v) is 22.8. The average Bonchev–Trinajstić information content (AvgIpc) is 4.00. The Morgan fingerprint density at radius 2 is 1.17 bits per heavy atom. The molecular formula is C50H58N10O10. The van der Waals surface area contributed by atoms with Crippen LogP contribution in [0.15, 0.2) is 109 Å². The highest BCUT2D eigenvalue weighted by atomic mass is 16.3. The van der Waals surface area contributed by atoms with Gasteiger partial charge in [-0.3, -0.25) is 38.4 Å². The molecule has 8 amide bonds. The number of phenolic OH excluding ortho intramolecular Hbond substituents is 2. The van der Waals surface area contributed by atoms with Gasteiger partial charge in [0.05, 0.1) is 12.5 Å². The Morgan fingerprint density at radius 1 is 0.629 bits per heavy atom. The second kappa shape index (κ2) is 23.6. The van der Waals surface area contributed by atoms with E-state index in [1.165, 1.54) is 36.1 Å². The fourth-order valence-electron chi connectivity index (χ4n) is 8.26. The smallest absolute Gasteiger partial charge is 0.246 e. The fraction of sp³-hybridized carbons (Fsp3) is 0.320. The summed E-state index contributed by atoms with van der Waals surface area (Å²) in [7, 11) is 0. The quantitative estimate of drug-likeness (QED) is 0.0438. The number of carbonyl (C=O) groups excluding carboxylic acids is 8. The molecule has 4 aromatic carbocycles. The topological polar surface area (TPSA) is 334 Å². The molecule has 1 saturated heterocycles. The zero-order valence-corrected chi connectivity index (χ0v) is 38.4. The van der Waals surface area contributed by atoms with Crippen molar-refractivity contribution in [3.8, 4) is 11.5 Å². The Bertz CT molecular complexity index is 2680. The molecule has 0 unspecified atom stereocenters. The molecule has 14 N–H and O–H groups in total. The Balaban J connectivity index is 1.26. The van der Waals surface area contributed by atoms with E-state index in [4.69, 9.17) is 17.2 Å². The number of H-pyrrole nitrogens is 1. The monoisotopic (exact) mass is 958 g/mol. The summed E-state index contributed by atoms with van der Waals surface area (Å²) < 4.78 is 0. The van der Waals surface area contributed by atoms with E-state index in [9.17, 15) is 48.6 Å². The molecule has 6 rings (SSSR count). The summed E-state index contributed by atoms with van der Waals surface area (Å²) in [5, 5.41) is 33.8. The summed E-state index contributed by atoms with van der Waals surface area (Å²) in [6.07, 6.45) is 1.56. The van der Waals surface area contributed by atoms with Crippen LogP contribution in [-0.2, 0) is 64.0 Å². The third kappa shape index (κ3) is 13.9. The predicted octanol–water partition coefficient (Wildman–Crippen LogP) is -0.0274. The van der Waals surface area contributed by atoms with Crippen LogP contribution in [-0.4, -0.2) is 116 Å². The van der Waals surface area contributed by atoms with Gasteiger partial charge in [-0.2, -0.15) is 0 Å². The van der Waals surface area contributed by atoms with Crippen molar-refractivity contribution in [3.05, 3.63) is 132 Å².